The quantitative estimate of drug-likeness (QED) is 0.685. The Morgan fingerprint density at radius 3 is 2.31 bits per heavy atom. The van der Waals surface area contributed by atoms with Gasteiger partial charge in [-0.05, 0) is 41.5 Å². The van der Waals surface area contributed by atoms with Gasteiger partial charge < -0.3 is 5.32 Å². The van der Waals surface area contributed by atoms with Crippen LogP contribution in [0.15, 0.2) is 60.9 Å². The molecular weight excluding hydrogens is 348 g/mol. The average Bonchev–Trinajstić information content (AvgIpc) is 3.10. The van der Waals surface area contributed by atoms with Crippen molar-refractivity contribution in [3.05, 3.63) is 83.4 Å². The molecule has 0 spiro atoms. The van der Waals surface area contributed by atoms with Crippen molar-refractivity contribution in [1.82, 2.24) is 14.8 Å². The number of anilines is 1. The van der Waals surface area contributed by atoms with Crippen molar-refractivity contribution in [3.63, 3.8) is 0 Å². The molecule has 0 radical (unpaired) electrons. The summed E-state index contributed by atoms with van der Waals surface area (Å²) in [5.74, 6) is 0.102. The van der Waals surface area contributed by atoms with E-state index in [9.17, 15) is 17.6 Å². The summed E-state index contributed by atoms with van der Waals surface area (Å²) < 4.78 is 53.1. The van der Waals surface area contributed by atoms with Crippen LogP contribution in [-0.4, -0.2) is 14.8 Å². The molecule has 3 aromatic rings. The van der Waals surface area contributed by atoms with Gasteiger partial charge in [-0.3, -0.25) is 0 Å². The molecule has 8 heteroatoms. The van der Waals surface area contributed by atoms with Crippen molar-refractivity contribution in [1.29, 1.82) is 0 Å². The Kier molecular flexibility index (Phi) is 3.75. The van der Waals surface area contributed by atoms with Crippen LogP contribution >= 0.6 is 0 Å². The molecule has 1 atom stereocenters. The second kappa shape index (κ2) is 5.98. The molecule has 2 aromatic carbocycles. The lowest BCUT2D eigenvalue weighted by Crippen LogP contribution is -2.20. The molecule has 4 nitrogen and oxygen atoms in total. The number of nitrogens with zero attached hydrogens (tertiary/aromatic N) is 3. The molecular formula is C18H12F4N4. The van der Waals surface area contributed by atoms with E-state index >= 15 is 0 Å². The van der Waals surface area contributed by atoms with E-state index in [-0.39, 0.29) is 11.9 Å². The Morgan fingerprint density at radius 2 is 1.65 bits per heavy atom. The molecule has 1 unspecified atom stereocenters. The van der Waals surface area contributed by atoms with Crippen LogP contribution in [0.5, 0.6) is 0 Å². The molecule has 0 aliphatic carbocycles. The van der Waals surface area contributed by atoms with Crippen molar-refractivity contribution < 1.29 is 17.6 Å². The van der Waals surface area contributed by atoms with E-state index < -0.39 is 11.7 Å². The zero-order chi connectivity index (χ0) is 18.3. The maximum atomic E-state index is 13.2. The highest BCUT2D eigenvalue weighted by Gasteiger charge is 2.30. The minimum Gasteiger partial charge on any atom is -0.324 e. The van der Waals surface area contributed by atoms with Gasteiger partial charge in [-0.15, -0.1) is 0 Å². The number of hydrogen-bond acceptors (Lipinski definition) is 3. The zero-order valence-electron chi connectivity index (χ0n) is 13.2. The van der Waals surface area contributed by atoms with Crippen molar-refractivity contribution in [2.24, 2.45) is 0 Å². The summed E-state index contributed by atoms with van der Waals surface area (Å²) in [5.41, 5.74) is 1.26. The lowest BCUT2D eigenvalue weighted by Gasteiger charge is -2.24. The van der Waals surface area contributed by atoms with Gasteiger partial charge in [0.25, 0.3) is 0 Å². The van der Waals surface area contributed by atoms with Crippen LogP contribution in [0.3, 0.4) is 0 Å². The topological polar surface area (TPSA) is 42.7 Å². The molecule has 0 fully saturated rings. The molecule has 26 heavy (non-hydrogen) atoms. The molecule has 132 valence electrons. The number of nitrogens with one attached hydrogen (secondary N) is 1. The fourth-order valence-corrected chi connectivity index (χ4v) is 2.84. The fourth-order valence-electron chi connectivity index (χ4n) is 2.84. The summed E-state index contributed by atoms with van der Waals surface area (Å²) >= 11 is 0. The van der Waals surface area contributed by atoms with Crippen LogP contribution in [0.1, 0.15) is 22.7 Å². The first-order valence-electron chi connectivity index (χ1n) is 7.73. The van der Waals surface area contributed by atoms with Crippen LogP contribution in [0, 0.1) is 5.82 Å². The normalized spacial score (nSPS) is 16.6. The van der Waals surface area contributed by atoms with Gasteiger partial charge in [-0.25, -0.2) is 9.07 Å². The van der Waals surface area contributed by atoms with Gasteiger partial charge in [0.05, 0.1) is 5.56 Å². The van der Waals surface area contributed by atoms with Crippen LogP contribution in [0.25, 0.3) is 5.70 Å². The highest BCUT2D eigenvalue weighted by Crippen LogP contribution is 2.34. The summed E-state index contributed by atoms with van der Waals surface area (Å²) in [7, 11) is 0. The number of allylic oxidation sites excluding steroid dienone is 1. The summed E-state index contributed by atoms with van der Waals surface area (Å²) in [6.45, 7) is 0. The largest absolute Gasteiger partial charge is 0.416 e. The number of aromatic nitrogens is 3. The van der Waals surface area contributed by atoms with Gasteiger partial charge >= 0.3 is 6.18 Å². The van der Waals surface area contributed by atoms with E-state index in [1.807, 2.05) is 6.08 Å². The number of rotatable bonds is 2. The summed E-state index contributed by atoms with van der Waals surface area (Å²) in [5, 5.41) is 7.23. The third-order valence-corrected chi connectivity index (χ3v) is 4.14. The maximum absolute atomic E-state index is 13.2. The Hall–Kier alpha value is -3.16. The minimum atomic E-state index is -4.39. The molecule has 1 aromatic heterocycles. The predicted octanol–water partition coefficient (Wildman–Crippen LogP) is 4.49. The molecule has 1 aliphatic rings. The molecule has 0 bridgehead atoms. The van der Waals surface area contributed by atoms with E-state index in [1.165, 1.54) is 30.6 Å². The standard InChI is InChI=1S/C18H12F4N4/c19-14-7-3-12(4-8-14)16-9-15(25-17-23-10-24-26(16)17)11-1-5-13(6-2-11)18(20,21)22/h1-10,16H,(H,23,24,25). The minimum absolute atomic E-state index is 0.353. The Balaban J connectivity index is 1.73. The smallest absolute Gasteiger partial charge is 0.324 e. The number of benzene rings is 2. The van der Waals surface area contributed by atoms with Gasteiger partial charge in [-0.1, -0.05) is 24.3 Å². The second-order valence-corrected chi connectivity index (χ2v) is 5.81. The highest BCUT2D eigenvalue weighted by molar-refractivity contribution is 5.77. The summed E-state index contributed by atoms with van der Waals surface area (Å²) in [6, 6.07) is 10.5. The third kappa shape index (κ3) is 2.94. The SMILES string of the molecule is Fc1ccc(C2C=C(c3ccc(C(F)(F)F)cc3)Nc3ncnn32)cc1. The van der Waals surface area contributed by atoms with Crippen LogP contribution in [0.4, 0.5) is 23.5 Å². The van der Waals surface area contributed by atoms with Crippen molar-refractivity contribution >= 4 is 11.6 Å². The summed E-state index contributed by atoms with van der Waals surface area (Å²) in [6.07, 6.45) is -1.19. The van der Waals surface area contributed by atoms with E-state index in [0.717, 1.165) is 17.7 Å². The van der Waals surface area contributed by atoms with E-state index in [2.05, 4.69) is 15.4 Å². The first-order chi connectivity index (χ1) is 12.4. The van der Waals surface area contributed by atoms with Gasteiger partial charge in [-0.2, -0.15) is 23.3 Å². The lowest BCUT2D eigenvalue weighted by atomic mass is 10.0. The fraction of sp³-hybridized carbons (Fsp3) is 0.111. The molecule has 2 heterocycles. The highest BCUT2D eigenvalue weighted by atomic mass is 19.4. The van der Waals surface area contributed by atoms with Gasteiger partial charge in [0.1, 0.15) is 18.2 Å². The molecule has 4 rings (SSSR count). The maximum Gasteiger partial charge on any atom is 0.416 e. The van der Waals surface area contributed by atoms with E-state index in [1.54, 1.807) is 16.8 Å². The molecule has 0 amide bonds. The Labute approximate surface area is 145 Å². The third-order valence-electron chi connectivity index (χ3n) is 4.14. The van der Waals surface area contributed by atoms with Crippen LogP contribution in [0.2, 0.25) is 0 Å². The lowest BCUT2D eigenvalue weighted by molar-refractivity contribution is -0.137. The summed E-state index contributed by atoms with van der Waals surface area (Å²) in [4.78, 5) is 4.13. The van der Waals surface area contributed by atoms with Gasteiger partial charge in [0, 0.05) is 5.70 Å². The van der Waals surface area contributed by atoms with Crippen molar-refractivity contribution in [3.8, 4) is 0 Å². The van der Waals surface area contributed by atoms with Crippen molar-refractivity contribution in [2.45, 2.75) is 12.2 Å². The predicted molar refractivity (Wildman–Crippen MR) is 87.6 cm³/mol. The van der Waals surface area contributed by atoms with E-state index in [4.69, 9.17) is 0 Å². The van der Waals surface area contributed by atoms with Crippen molar-refractivity contribution in [2.75, 3.05) is 5.32 Å². The van der Waals surface area contributed by atoms with Crippen LogP contribution < -0.4 is 5.32 Å². The molecule has 1 aliphatic heterocycles. The first-order valence-corrected chi connectivity index (χ1v) is 7.73. The second-order valence-electron chi connectivity index (χ2n) is 5.81. The first kappa shape index (κ1) is 16.3. The van der Waals surface area contributed by atoms with Crippen LogP contribution in [-0.2, 0) is 6.18 Å². The average molecular weight is 360 g/mol. The molecule has 0 saturated heterocycles. The zero-order valence-corrected chi connectivity index (χ0v) is 13.2. The van der Waals surface area contributed by atoms with Gasteiger partial charge in [0.15, 0.2) is 0 Å². The Bertz CT molecular complexity index is 956. The number of hydrogen-bond donors (Lipinski definition) is 1. The number of alkyl halides is 3. The van der Waals surface area contributed by atoms with Gasteiger partial charge in [0.2, 0.25) is 5.95 Å². The number of halogens is 4. The monoisotopic (exact) mass is 360 g/mol. The number of fused-ring (bicyclic) bond motifs is 1. The van der Waals surface area contributed by atoms with E-state index in [0.29, 0.717) is 17.2 Å². The Morgan fingerprint density at radius 1 is 0.962 bits per heavy atom. The molecule has 0 saturated carbocycles. The molecule has 1 N–H and O–H groups in total.